The number of sulfonamides is 2. The van der Waals surface area contributed by atoms with Crippen LogP contribution in [-0.2, 0) is 20.0 Å². The maximum Gasteiger partial charge on any atom is 0.262 e. The molecule has 0 fully saturated rings. The van der Waals surface area contributed by atoms with Gasteiger partial charge in [0.25, 0.3) is 10.0 Å². The molecule has 0 saturated heterocycles. The summed E-state index contributed by atoms with van der Waals surface area (Å²) >= 11 is 0. The van der Waals surface area contributed by atoms with Gasteiger partial charge >= 0.3 is 0 Å². The number of anilines is 2. The molecule has 0 atom stereocenters. The first kappa shape index (κ1) is 20.1. The average Bonchev–Trinajstić information content (AvgIpc) is 2.39. The Labute approximate surface area is 151 Å². The van der Waals surface area contributed by atoms with Crippen LogP contribution in [0.25, 0.3) is 0 Å². The van der Waals surface area contributed by atoms with Crippen molar-refractivity contribution in [1.82, 2.24) is 0 Å². The van der Waals surface area contributed by atoms with Crippen LogP contribution < -0.4 is 9.44 Å². The predicted molar refractivity (Wildman–Crippen MR) is 96.3 cm³/mol. The fraction of sp³-hybridized carbons (Fsp3) is 0.250. The summed E-state index contributed by atoms with van der Waals surface area (Å²) in [6, 6.07) is 3.82. The van der Waals surface area contributed by atoms with Gasteiger partial charge in [-0.25, -0.2) is 25.6 Å². The van der Waals surface area contributed by atoms with E-state index in [0.717, 1.165) is 18.4 Å². The van der Waals surface area contributed by atoms with Gasteiger partial charge in [-0.05, 0) is 49.6 Å². The van der Waals surface area contributed by atoms with Gasteiger partial charge < -0.3 is 0 Å². The van der Waals surface area contributed by atoms with E-state index < -0.39 is 31.7 Å². The quantitative estimate of drug-likeness (QED) is 0.801. The van der Waals surface area contributed by atoms with Crippen LogP contribution in [0.2, 0.25) is 0 Å². The van der Waals surface area contributed by atoms with Crippen LogP contribution in [0.15, 0.2) is 29.2 Å². The molecule has 2 rings (SSSR count). The highest BCUT2D eigenvalue weighted by molar-refractivity contribution is 7.93. The molecule has 0 amide bonds. The minimum absolute atomic E-state index is 0.142. The molecule has 0 saturated carbocycles. The summed E-state index contributed by atoms with van der Waals surface area (Å²) in [6.45, 7) is 4.64. The first-order valence-electron chi connectivity index (χ1n) is 7.37. The van der Waals surface area contributed by atoms with Gasteiger partial charge in [-0.1, -0.05) is 6.07 Å². The summed E-state index contributed by atoms with van der Waals surface area (Å²) in [5.74, 6) is -1.86. The van der Waals surface area contributed by atoms with Crippen LogP contribution in [0, 0.1) is 32.4 Å². The highest BCUT2D eigenvalue weighted by atomic mass is 32.2. The second kappa shape index (κ2) is 6.84. The molecule has 0 aliphatic carbocycles. The van der Waals surface area contributed by atoms with Crippen LogP contribution in [0.5, 0.6) is 0 Å². The molecular weight excluding hydrogens is 386 g/mol. The first-order valence-corrected chi connectivity index (χ1v) is 10.7. The summed E-state index contributed by atoms with van der Waals surface area (Å²) in [5, 5.41) is 0. The van der Waals surface area contributed by atoms with Gasteiger partial charge in [0.15, 0.2) is 0 Å². The molecule has 142 valence electrons. The fourth-order valence-electron chi connectivity index (χ4n) is 2.74. The molecule has 0 aromatic heterocycles. The predicted octanol–water partition coefficient (Wildman–Crippen LogP) is 3.06. The molecular formula is C16H18F2N2O4S2. The molecule has 0 heterocycles. The van der Waals surface area contributed by atoms with Crippen molar-refractivity contribution in [3.63, 3.8) is 0 Å². The zero-order valence-corrected chi connectivity index (χ0v) is 16.1. The van der Waals surface area contributed by atoms with Crippen molar-refractivity contribution in [1.29, 1.82) is 0 Å². The zero-order chi connectivity index (χ0) is 19.9. The van der Waals surface area contributed by atoms with Crippen molar-refractivity contribution >= 4 is 31.4 Å². The van der Waals surface area contributed by atoms with Gasteiger partial charge in [0, 0.05) is 6.07 Å². The van der Waals surface area contributed by atoms with Gasteiger partial charge in [0.05, 0.1) is 22.5 Å². The minimum atomic E-state index is -4.22. The number of hydrogen-bond donors (Lipinski definition) is 2. The van der Waals surface area contributed by atoms with Crippen molar-refractivity contribution in [2.45, 2.75) is 25.7 Å². The SMILES string of the molecule is Cc1cc(C)c(S(=O)(=O)Nc2cc(F)cc(F)c2)c(C)c1NS(C)(=O)=O. The molecule has 0 unspecified atom stereocenters. The summed E-state index contributed by atoms with van der Waals surface area (Å²) in [4.78, 5) is -0.168. The van der Waals surface area contributed by atoms with Crippen molar-refractivity contribution in [3.8, 4) is 0 Å². The summed E-state index contributed by atoms with van der Waals surface area (Å²) in [6.07, 6.45) is 0.952. The molecule has 10 heteroatoms. The Morgan fingerprint density at radius 3 is 1.85 bits per heavy atom. The number of nitrogens with one attached hydrogen (secondary N) is 2. The molecule has 0 radical (unpaired) electrons. The van der Waals surface area contributed by atoms with Crippen LogP contribution in [-0.4, -0.2) is 23.1 Å². The first-order chi connectivity index (χ1) is 11.8. The van der Waals surface area contributed by atoms with E-state index in [1.165, 1.54) is 13.0 Å². The smallest absolute Gasteiger partial charge is 0.262 e. The molecule has 2 aromatic rings. The zero-order valence-electron chi connectivity index (χ0n) is 14.5. The highest BCUT2D eigenvalue weighted by Gasteiger charge is 2.24. The average molecular weight is 404 g/mol. The van der Waals surface area contributed by atoms with Crippen LogP contribution in [0.3, 0.4) is 0 Å². The maximum atomic E-state index is 13.3. The van der Waals surface area contributed by atoms with E-state index >= 15 is 0 Å². The fourth-order valence-corrected chi connectivity index (χ4v) is 4.95. The van der Waals surface area contributed by atoms with E-state index in [1.54, 1.807) is 13.8 Å². The standard InChI is InChI=1S/C16H18F2N2O4S2/c1-9-5-10(2)16(11(3)15(9)20-25(4,21)22)26(23,24)19-14-7-12(17)6-13(18)8-14/h5-8,19-20H,1-4H3. The third-order valence-electron chi connectivity index (χ3n) is 3.57. The van der Waals surface area contributed by atoms with Crippen LogP contribution in [0.1, 0.15) is 16.7 Å². The summed E-state index contributed by atoms with van der Waals surface area (Å²) < 4.78 is 79.7. The summed E-state index contributed by atoms with van der Waals surface area (Å²) in [5.41, 5.74) is 0.949. The Balaban J connectivity index is 2.60. The second-order valence-electron chi connectivity index (χ2n) is 5.98. The van der Waals surface area contributed by atoms with Crippen molar-refractivity contribution in [3.05, 3.63) is 52.6 Å². The van der Waals surface area contributed by atoms with E-state index in [4.69, 9.17) is 0 Å². The van der Waals surface area contributed by atoms with E-state index in [-0.39, 0.29) is 21.8 Å². The second-order valence-corrected chi connectivity index (χ2v) is 9.35. The molecule has 0 aliphatic heterocycles. The Morgan fingerprint density at radius 1 is 0.808 bits per heavy atom. The van der Waals surface area contributed by atoms with Crippen LogP contribution in [0.4, 0.5) is 20.2 Å². The molecule has 6 nitrogen and oxygen atoms in total. The van der Waals surface area contributed by atoms with E-state index in [0.29, 0.717) is 17.2 Å². The van der Waals surface area contributed by atoms with Crippen molar-refractivity contribution in [2.24, 2.45) is 0 Å². The molecule has 26 heavy (non-hydrogen) atoms. The van der Waals surface area contributed by atoms with Gasteiger partial charge in [0.1, 0.15) is 11.6 Å². The summed E-state index contributed by atoms with van der Waals surface area (Å²) in [7, 11) is -7.85. The number of aryl methyl sites for hydroxylation is 2. The number of hydrogen-bond acceptors (Lipinski definition) is 4. The lowest BCUT2D eigenvalue weighted by Gasteiger charge is -2.18. The number of rotatable bonds is 5. The normalized spacial score (nSPS) is 12.1. The molecule has 2 N–H and O–H groups in total. The highest BCUT2D eigenvalue weighted by Crippen LogP contribution is 2.32. The van der Waals surface area contributed by atoms with Crippen molar-refractivity contribution < 1.29 is 25.6 Å². The van der Waals surface area contributed by atoms with Gasteiger partial charge in [-0.15, -0.1) is 0 Å². The van der Waals surface area contributed by atoms with E-state index in [9.17, 15) is 25.6 Å². The van der Waals surface area contributed by atoms with E-state index in [2.05, 4.69) is 9.44 Å². The molecule has 0 bridgehead atoms. The largest absolute Gasteiger partial charge is 0.283 e. The van der Waals surface area contributed by atoms with E-state index in [1.807, 2.05) is 0 Å². The lowest BCUT2D eigenvalue weighted by Crippen LogP contribution is -2.19. The third-order valence-corrected chi connectivity index (χ3v) is 5.82. The van der Waals surface area contributed by atoms with Gasteiger partial charge in [-0.2, -0.15) is 0 Å². The monoisotopic (exact) mass is 404 g/mol. The minimum Gasteiger partial charge on any atom is -0.283 e. The Hall–Kier alpha value is -2.20. The van der Waals surface area contributed by atoms with Crippen LogP contribution >= 0.6 is 0 Å². The molecule has 2 aromatic carbocycles. The third kappa shape index (κ3) is 4.50. The molecule has 0 spiro atoms. The Bertz CT molecular complexity index is 1060. The topological polar surface area (TPSA) is 92.3 Å². The lowest BCUT2D eigenvalue weighted by molar-refractivity contribution is 0.584. The molecule has 0 aliphatic rings. The van der Waals surface area contributed by atoms with Gasteiger partial charge in [-0.3, -0.25) is 9.44 Å². The maximum absolute atomic E-state index is 13.3. The number of benzene rings is 2. The van der Waals surface area contributed by atoms with Gasteiger partial charge in [0.2, 0.25) is 10.0 Å². The Kier molecular flexibility index (Phi) is 5.29. The lowest BCUT2D eigenvalue weighted by atomic mass is 10.1. The van der Waals surface area contributed by atoms with Crippen molar-refractivity contribution in [2.75, 3.05) is 15.7 Å². The number of halogens is 2. The Morgan fingerprint density at radius 2 is 1.35 bits per heavy atom.